The van der Waals surface area contributed by atoms with Gasteiger partial charge in [0.2, 0.25) is 0 Å². The fourth-order valence-corrected chi connectivity index (χ4v) is 4.41. The van der Waals surface area contributed by atoms with Crippen LogP contribution >= 0.6 is 0 Å². The fourth-order valence-electron chi connectivity index (χ4n) is 4.41. The van der Waals surface area contributed by atoms with Gasteiger partial charge >= 0.3 is 6.18 Å². The van der Waals surface area contributed by atoms with E-state index < -0.39 is 11.7 Å². The van der Waals surface area contributed by atoms with Crippen LogP contribution in [0.1, 0.15) is 48.4 Å². The summed E-state index contributed by atoms with van der Waals surface area (Å²) < 4.78 is 39.8. The third kappa shape index (κ3) is 4.89. The van der Waals surface area contributed by atoms with Gasteiger partial charge < -0.3 is 9.80 Å². The van der Waals surface area contributed by atoms with Crippen LogP contribution in [-0.4, -0.2) is 47.6 Å². The number of hydrogen-bond acceptors (Lipinski definition) is 4. The van der Waals surface area contributed by atoms with Gasteiger partial charge in [0.05, 0.1) is 5.56 Å². The van der Waals surface area contributed by atoms with Crippen LogP contribution in [0.15, 0.2) is 36.7 Å². The van der Waals surface area contributed by atoms with Crippen LogP contribution in [0, 0.1) is 0 Å². The van der Waals surface area contributed by atoms with Crippen molar-refractivity contribution in [1.29, 1.82) is 0 Å². The van der Waals surface area contributed by atoms with Gasteiger partial charge in [-0.3, -0.25) is 4.98 Å². The number of anilines is 1. The molecule has 0 saturated carbocycles. The molecule has 0 amide bonds. The number of piperidine rings is 1. The Balaban J connectivity index is 1.46. The number of aromatic nitrogens is 2. The summed E-state index contributed by atoms with van der Waals surface area (Å²) in [7, 11) is 0. The molecule has 1 unspecified atom stereocenters. The molecule has 0 bridgehead atoms. The van der Waals surface area contributed by atoms with Crippen molar-refractivity contribution in [3.8, 4) is 0 Å². The number of rotatable bonds is 5. The lowest BCUT2D eigenvalue weighted by atomic mass is 10.0. The molecule has 2 aromatic rings. The van der Waals surface area contributed by atoms with Crippen molar-refractivity contribution < 1.29 is 13.2 Å². The third-order valence-corrected chi connectivity index (χ3v) is 6.00. The lowest BCUT2D eigenvalue weighted by Crippen LogP contribution is -2.32. The zero-order valence-corrected chi connectivity index (χ0v) is 16.5. The minimum absolute atomic E-state index is 0.400. The van der Waals surface area contributed by atoms with Crippen LogP contribution in [0.2, 0.25) is 0 Å². The van der Waals surface area contributed by atoms with Crippen molar-refractivity contribution in [2.45, 2.75) is 44.2 Å². The topological polar surface area (TPSA) is 32.3 Å². The maximum Gasteiger partial charge on any atom is 0.417 e. The van der Waals surface area contributed by atoms with Gasteiger partial charge in [0.1, 0.15) is 5.82 Å². The Kier molecular flexibility index (Phi) is 6.04. The van der Waals surface area contributed by atoms with Gasteiger partial charge in [-0.1, -0.05) is 6.07 Å². The number of hydrogen-bond donors (Lipinski definition) is 0. The second kappa shape index (κ2) is 8.69. The summed E-state index contributed by atoms with van der Waals surface area (Å²) in [6, 6.07) is 7.28. The highest BCUT2D eigenvalue weighted by atomic mass is 19.4. The van der Waals surface area contributed by atoms with E-state index in [0.717, 1.165) is 69.7 Å². The molecule has 2 fully saturated rings. The summed E-state index contributed by atoms with van der Waals surface area (Å²) in [6.45, 7) is 4.34. The first-order chi connectivity index (χ1) is 14.0. The smallest absolute Gasteiger partial charge is 0.356 e. The van der Waals surface area contributed by atoms with Crippen LogP contribution in [-0.2, 0) is 12.6 Å². The van der Waals surface area contributed by atoms with Crippen molar-refractivity contribution >= 4 is 5.82 Å². The Morgan fingerprint density at radius 2 is 1.86 bits per heavy atom. The number of likely N-dealkylation sites (tertiary alicyclic amines) is 1. The molecule has 2 saturated heterocycles. The third-order valence-electron chi connectivity index (χ3n) is 6.00. The van der Waals surface area contributed by atoms with E-state index in [2.05, 4.69) is 25.8 Å². The Bertz CT molecular complexity index is 803. The van der Waals surface area contributed by atoms with E-state index in [1.165, 1.54) is 12.5 Å². The average molecular weight is 404 g/mol. The van der Waals surface area contributed by atoms with Gasteiger partial charge in [0.15, 0.2) is 0 Å². The first-order valence-corrected chi connectivity index (χ1v) is 10.4. The molecule has 2 aromatic heterocycles. The summed E-state index contributed by atoms with van der Waals surface area (Å²) in [5, 5.41) is 0. The average Bonchev–Trinajstić information content (AvgIpc) is 3.22. The molecular weight excluding hydrogens is 377 g/mol. The highest BCUT2D eigenvalue weighted by Gasteiger charge is 2.32. The van der Waals surface area contributed by atoms with Gasteiger partial charge in [-0.2, -0.15) is 13.2 Å². The quantitative estimate of drug-likeness (QED) is 0.734. The molecule has 0 N–H and O–H groups in total. The highest BCUT2D eigenvalue weighted by Crippen LogP contribution is 2.33. The fraction of sp³-hybridized carbons (Fsp3) is 0.545. The second-order valence-electron chi connectivity index (χ2n) is 8.04. The Morgan fingerprint density at radius 1 is 1.03 bits per heavy atom. The molecule has 0 radical (unpaired) electrons. The summed E-state index contributed by atoms with van der Waals surface area (Å²) in [5.41, 5.74) is 1.16. The van der Waals surface area contributed by atoms with Gasteiger partial charge in [0.25, 0.3) is 0 Å². The zero-order chi connectivity index (χ0) is 20.3. The summed E-state index contributed by atoms with van der Waals surface area (Å²) in [4.78, 5) is 13.2. The Labute approximate surface area is 169 Å². The Hall–Kier alpha value is -2.15. The first-order valence-electron chi connectivity index (χ1n) is 10.4. The molecule has 4 heterocycles. The normalized spacial score (nSPS) is 20.9. The van der Waals surface area contributed by atoms with Crippen molar-refractivity contribution in [3.63, 3.8) is 0 Å². The van der Waals surface area contributed by atoms with E-state index in [9.17, 15) is 13.2 Å². The van der Waals surface area contributed by atoms with Crippen LogP contribution in [0.4, 0.5) is 19.0 Å². The molecule has 7 heteroatoms. The minimum atomic E-state index is -4.36. The van der Waals surface area contributed by atoms with Crippen LogP contribution in [0.25, 0.3) is 0 Å². The Morgan fingerprint density at radius 3 is 2.59 bits per heavy atom. The van der Waals surface area contributed by atoms with E-state index in [1.807, 2.05) is 18.3 Å². The minimum Gasteiger partial charge on any atom is -0.356 e. The molecule has 29 heavy (non-hydrogen) atoms. The molecule has 0 aliphatic carbocycles. The lowest BCUT2D eigenvalue weighted by molar-refractivity contribution is -0.137. The zero-order valence-electron chi connectivity index (χ0n) is 16.5. The van der Waals surface area contributed by atoms with Crippen molar-refractivity contribution in [2.24, 2.45) is 0 Å². The molecule has 0 spiro atoms. The van der Waals surface area contributed by atoms with Gasteiger partial charge in [0, 0.05) is 50.2 Å². The van der Waals surface area contributed by atoms with E-state index in [4.69, 9.17) is 0 Å². The van der Waals surface area contributed by atoms with Gasteiger partial charge in [-0.05, 0) is 62.4 Å². The van der Waals surface area contributed by atoms with Crippen LogP contribution in [0.5, 0.6) is 0 Å². The molecule has 2 aliphatic heterocycles. The molecule has 4 rings (SSSR count). The largest absolute Gasteiger partial charge is 0.417 e. The molecule has 156 valence electrons. The number of nitrogens with zero attached hydrogens (tertiary/aromatic N) is 4. The maximum atomic E-state index is 13.3. The SMILES string of the molecule is FC(F)(F)c1cnc(N2CCCCC2)c(CCN2CCC(c3ccccn3)C2)c1. The van der Waals surface area contributed by atoms with Gasteiger partial charge in [-0.25, -0.2) is 4.98 Å². The van der Waals surface area contributed by atoms with Crippen molar-refractivity contribution in [3.05, 3.63) is 53.5 Å². The van der Waals surface area contributed by atoms with Crippen molar-refractivity contribution in [2.75, 3.05) is 37.6 Å². The molecule has 0 aromatic carbocycles. The molecule has 1 atom stereocenters. The predicted molar refractivity (Wildman–Crippen MR) is 107 cm³/mol. The first kappa shape index (κ1) is 20.1. The van der Waals surface area contributed by atoms with E-state index in [0.29, 0.717) is 17.9 Å². The van der Waals surface area contributed by atoms with Gasteiger partial charge in [-0.15, -0.1) is 0 Å². The number of pyridine rings is 2. The second-order valence-corrected chi connectivity index (χ2v) is 8.04. The standard InChI is InChI=1S/C22H27F3N4/c23-22(24,25)19-14-17(21(27-15-19)29-10-4-1-5-11-29)7-12-28-13-8-18(16-28)20-6-2-3-9-26-20/h2-3,6,9,14-15,18H,1,4-5,7-8,10-13,16H2. The summed E-state index contributed by atoms with van der Waals surface area (Å²) in [5.74, 6) is 1.13. The summed E-state index contributed by atoms with van der Waals surface area (Å²) in [6.07, 6.45) is 3.38. The molecule has 4 nitrogen and oxygen atoms in total. The van der Waals surface area contributed by atoms with E-state index in [1.54, 1.807) is 0 Å². The maximum absolute atomic E-state index is 13.3. The number of alkyl halides is 3. The summed E-state index contributed by atoms with van der Waals surface area (Å²) >= 11 is 0. The lowest BCUT2D eigenvalue weighted by Gasteiger charge is -2.30. The molecular formula is C22H27F3N4. The highest BCUT2D eigenvalue weighted by molar-refractivity contribution is 5.49. The van der Waals surface area contributed by atoms with Crippen LogP contribution < -0.4 is 4.90 Å². The van der Waals surface area contributed by atoms with Crippen LogP contribution in [0.3, 0.4) is 0 Å². The van der Waals surface area contributed by atoms with Crippen molar-refractivity contribution in [1.82, 2.24) is 14.9 Å². The predicted octanol–water partition coefficient (Wildman–Crippen LogP) is 4.52. The van der Waals surface area contributed by atoms with E-state index in [-0.39, 0.29) is 0 Å². The number of halogens is 3. The monoisotopic (exact) mass is 404 g/mol. The van der Waals surface area contributed by atoms with E-state index >= 15 is 0 Å². The molecule has 2 aliphatic rings.